The van der Waals surface area contributed by atoms with E-state index in [0.717, 1.165) is 0 Å². The summed E-state index contributed by atoms with van der Waals surface area (Å²) in [5.41, 5.74) is 0. The molecule has 0 rings (SSSR count). The van der Waals surface area contributed by atoms with E-state index in [1.165, 1.54) is 7.11 Å². The zero-order valence-corrected chi connectivity index (χ0v) is 8.35. The molecule has 2 N–H and O–H groups in total. The molecule has 0 aliphatic heterocycles. The van der Waals surface area contributed by atoms with Gasteiger partial charge in [-0.15, -0.1) is 11.6 Å². The van der Waals surface area contributed by atoms with E-state index < -0.39 is 11.9 Å². The normalized spacial score (nSPS) is 11.9. The van der Waals surface area contributed by atoms with Crippen LogP contribution in [0.15, 0.2) is 0 Å². The summed E-state index contributed by atoms with van der Waals surface area (Å²) in [4.78, 5) is 21.5. The Hall–Kier alpha value is -0.810. The zero-order chi connectivity index (χ0) is 10.3. The zero-order valence-electron chi connectivity index (χ0n) is 7.59. The van der Waals surface area contributed by atoms with Gasteiger partial charge in [-0.05, 0) is 6.92 Å². The summed E-state index contributed by atoms with van der Waals surface area (Å²) in [5, 5.41) is 4.48. The highest BCUT2D eigenvalue weighted by Crippen LogP contribution is 1.83. The number of nitrogens with one attached hydrogen (secondary N) is 2. The Morgan fingerprint density at radius 2 is 2.15 bits per heavy atom. The highest BCUT2D eigenvalue weighted by molar-refractivity contribution is 6.28. The fraction of sp³-hybridized carbons (Fsp3) is 0.714. The lowest BCUT2D eigenvalue weighted by Crippen LogP contribution is -2.42. The minimum atomic E-state index is -0.561. The predicted molar refractivity (Wildman–Crippen MR) is 48.7 cm³/mol. The van der Waals surface area contributed by atoms with E-state index in [4.69, 9.17) is 16.3 Å². The largest absolute Gasteiger partial charge is 0.380 e. The van der Waals surface area contributed by atoms with Gasteiger partial charge in [0.25, 0.3) is 0 Å². The summed E-state index contributed by atoms with van der Waals surface area (Å²) in [6.07, 6.45) is -0.0862. The van der Waals surface area contributed by atoms with Crippen molar-refractivity contribution in [1.29, 1.82) is 0 Å². The summed E-state index contributed by atoms with van der Waals surface area (Å²) < 4.78 is 4.88. The number of urea groups is 1. The summed E-state index contributed by atoms with van der Waals surface area (Å²) in [7, 11) is 1.54. The first-order valence-corrected chi connectivity index (χ1v) is 4.30. The molecule has 0 aromatic heterocycles. The molecule has 0 bridgehead atoms. The summed E-state index contributed by atoms with van der Waals surface area (Å²) >= 11 is 5.17. The standard InChI is InChI=1S/C7H13ClN2O3/c1-5(13-2)4-9-7(12)10-6(11)3-8/h5H,3-4H2,1-2H3,(H2,9,10,11,12). The van der Waals surface area contributed by atoms with Crippen molar-refractivity contribution in [3.63, 3.8) is 0 Å². The van der Waals surface area contributed by atoms with Crippen LogP contribution in [0.1, 0.15) is 6.92 Å². The first kappa shape index (κ1) is 12.2. The molecule has 0 saturated carbocycles. The number of carbonyl (C=O) groups excluding carboxylic acids is 2. The van der Waals surface area contributed by atoms with Crippen LogP contribution in [0.25, 0.3) is 0 Å². The maximum atomic E-state index is 10.9. The third-order valence-corrected chi connectivity index (χ3v) is 1.57. The van der Waals surface area contributed by atoms with Crippen LogP contribution in [-0.4, -0.2) is 37.6 Å². The van der Waals surface area contributed by atoms with Crippen LogP contribution in [0.4, 0.5) is 4.79 Å². The Morgan fingerprint density at radius 3 is 2.62 bits per heavy atom. The lowest BCUT2D eigenvalue weighted by atomic mass is 10.4. The van der Waals surface area contributed by atoms with Gasteiger partial charge < -0.3 is 10.1 Å². The highest BCUT2D eigenvalue weighted by atomic mass is 35.5. The average molecular weight is 209 g/mol. The number of amides is 3. The first-order chi connectivity index (χ1) is 6.10. The molecular weight excluding hydrogens is 196 g/mol. The predicted octanol–water partition coefficient (Wildman–Crippen LogP) is 0.0859. The van der Waals surface area contributed by atoms with Gasteiger partial charge in [-0.25, -0.2) is 4.79 Å². The molecule has 76 valence electrons. The first-order valence-electron chi connectivity index (χ1n) is 3.76. The number of halogens is 1. The van der Waals surface area contributed by atoms with Crippen LogP contribution in [0, 0.1) is 0 Å². The molecule has 3 amide bonds. The van der Waals surface area contributed by atoms with Crippen LogP contribution in [0.5, 0.6) is 0 Å². The molecular formula is C7H13ClN2O3. The number of imide groups is 1. The van der Waals surface area contributed by atoms with Gasteiger partial charge in [-0.3, -0.25) is 10.1 Å². The molecule has 0 radical (unpaired) electrons. The third kappa shape index (κ3) is 6.36. The number of alkyl halides is 1. The molecule has 0 aromatic rings. The van der Waals surface area contributed by atoms with Crippen LogP contribution in [-0.2, 0) is 9.53 Å². The quantitative estimate of drug-likeness (QED) is 0.644. The molecule has 13 heavy (non-hydrogen) atoms. The van der Waals surface area contributed by atoms with E-state index in [2.05, 4.69) is 5.32 Å². The number of hydrogen-bond acceptors (Lipinski definition) is 3. The molecule has 5 nitrogen and oxygen atoms in total. The molecule has 0 fully saturated rings. The van der Waals surface area contributed by atoms with E-state index in [0.29, 0.717) is 6.54 Å². The number of carbonyl (C=O) groups is 2. The molecule has 0 saturated heterocycles. The number of hydrogen-bond donors (Lipinski definition) is 2. The van der Waals surface area contributed by atoms with Gasteiger partial charge in [-0.2, -0.15) is 0 Å². The maximum absolute atomic E-state index is 10.9. The van der Waals surface area contributed by atoms with E-state index in [-0.39, 0.29) is 12.0 Å². The number of rotatable bonds is 4. The van der Waals surface area contributed by atoms with Crippen molar-refractivity contribution in [2.75, 3.05) is 19.5 Å². The lowest BCUT2D eigenvalue weighted by Gasteiger charge is -2.10. The Labute approximate surface area is 81.8 Å². The van der Waals surface area contributed by atoms with Crippen molar-refractivity contribution in [1.82, 2.24) is 10.6 Å². The van der Waals surface area contributed by atoms with Crippen LogP contribution in [0.2, 0.25) is 0 Å². The second-order valence-electron chi connectivity index (χ2n) is 2.44. The number of ether oxygens (including phenoxy) is 1. The molecule has 0 heterocycles. The molecule has 0 aliphatic rings. The SMILES string of the molecule is COC(C)CNC(=O)NC(=O)CCl. The third-order valence-electron chi connectivity index (χ3n) is 1.33. The second-order valence-corrected chi connectivity index (χ2v) is 2.71. The average Bonchev–Trinajstić information content (AvgIpc) is 2.13. The van der Waals surface area contributed by atoms with Crippen molar-refractivity contribution in [3.8, 4) is 0 Å². The molecule has 1 atom stereocenters. The van der Waals surface area contributed by atoms with Crippen LogP contribution < -0.4 is 10.6 Å². The second kappa shape index (κ2) is 6.68. The Bertz CT molecular complexity index is 187. The van der Waals surface area contributed by atoms with Crippen molar-refractivity contribution in [2.45, 2.75) is 13.0 Å². The Kier molecular flexibility index (Phi) is 6.26. The van der Waals surface area contributed by atoms with E-state index in [1.54, 1.807) is 6.92 Å². The topological polar surface area (TPSA) is 67.4 Å². The van der Waals surface area contributed by atoms with Crippen molar-refractivity contribution in [3.05, 3.63) is 0 Å². The van der Waals surface area contributed by atoms with Gasteiger partial charge >= 0.3 is 6.03 Å². The van der Waals surface area contributed by atoms with Gasteiger partial charge in [0.1, 0.15) is 5.88 Å². The van der Waals surface area contributed by atoms with Crippen molar-refractivity contribution in [2.24, 2.45) is 0 Å². The van der Waals surface area contributed by atoms with Gasteiger partial charge in [0.05, 0.1) is 6.10 Å². The molecule has 0 spiro atoms. The lowest BCUT2D eigenvalue weighted by molar-refractivity contribution is -0.117. The van der Waals surface area contributed by atoms with E-state index in [1.807, 2.05) is 5.32 Å². The highest BCUT2D eigenvalue weighted by Gasteiger charge is 2.06. The fourth-order valence-electron chi connectivity index (χ4n) is 0.524. The van der Waals surface area contributed by atoms with Gasteiger partial charge in [0.2, 0.25) is 5.91 Å². The van der Waals surface area contributed by atoms with Crippen LogP contribution >= 0.6 is 11.6 Å². The number of methoxy groups -OCH3 is 1. The van der Waals surface area contributed by atoms with Gasteiger partial charge in [0.15, 0.2) is 0 Å². The monoisotopic (exact) mass is 208 g/mol. The van der Waals surface area contributed by atoms with E-state index >= 15 is 0 Å². The summed E-state index contributed by atoms with van der Waals surface area (Å²) in [5.74, 6) is -0.753. The van der Waals surface area contributed by atoms with Crippen molar-refractivity contribution < 1.29 is 14.3 Å². The Morgan fingerprint density at radius 1 is 1.54 bits per heavy atom. The minimum Gasteiger partial charge on any atom is -0.380 e. The van der Waals surface area contributed by atoms with Gasteiger partial charge in [0, 0.05) is 13.7 Å². The molecule has 0 aliphatic carbocycles. The summed E-state index contributed by atoms with van der Waals surface area (Å²) in [6, 6.07) is -0.561. The smallest absolute Gasteiger partial charge is 0.321 e. The van der Waals surface area contributed by atoms with Gasteiger partial charge in [-0.1, -0.05) is 0 Å². The molecule has 0 aromatic carbocycles. The molecule has 1 unspecified atom stereocenters. The summed E-state index contributed by atoms with van der Waals surface area (Å²) in [6.45, 7) is 2.14. The van der Waals surface area contributed by atoms with E-state index in [9.17, 15) is 9.59 Å². The maximum Gasteiger partial charge on any atom is 0.321 e. The molecule has 6 heteroatoms. The van der Waals surface area contributed by atoms with Crippen molar-refractivity contribution >= 4 is 23.5 Å². The fourth-order valence-corrected chi connectivity index (χ4v) is 0.591. The van der Waals surface area contributed by atoms with Crippen LogP contribution in [0.3, 0.4) is 0 Å². The Balaban J connectivity index is 3.57. The minimum absolute atomic E-state index is 0.0862.